The number of carbonyl (C=O) groups is 1. The number of fused-ring (bicyclic) bond motifs is 5. The Morgan fingerprint density at radius 3 is 2.67 bits per heavy atom. The van der Waals surface area contributed by atoms with Crippen molar-refractivity contribution in [1.29, 1.82) is 0 Å². The van der Waals surface area contributed by atoms with Gasteiger partial charge in [0.2, 0.25) is 0 Å². The van der Waals surface area contributed by atoms with E-state index in [0.717, 1.165) is 69.9 Å². The van der Waals surface area contributed by atoms with Crippen LogP contribution in [0.15, 0.2) is 27.6 Å². The van der Waals surface area contributed by atoms with E-state index in [2.05, 4.69) is 24.5 Å². The van der Waals surface area contributed by atoms with Crippen molar-refractivity contribution in [2.24, 2.45) is 28.6 Å². The van der Waals surface area contributed by atoms with Gasteiger partial charge in [0.1, 0.15) is 6.17 Å². The predicted octanol–water partition coefficient (Wildman–Crippen LogP) is 4.59. The summed E-state index contributed by atoms with van der Waals surface area (Å²) in [6.07, 6.45) is 10.1. The van der Waals surface area contributed by atoms with Gasteiger partial charge in [-0.15, -0.1) is 0 Å². The fourth-order valence-electron chi connectivity index (χ4n) is 10.1. The van der Waals surface area contributed by atoms with Crippen LogP contribution in [0.3, 0.4) is 0 Å². The van der Waals surface area contributed by atoms with Gasteiger partial charge in [-0.2, -0.15) is 0 Å². The number of amides is 2. The van der Waals surface area contributed by atoms with Gasteiger partial charge in [-0.25, -0.2) is 14.0 Å². The number of nitrogens with zero attached hydrogens (tertiary/aromatic N) is 1. The van der Waals surface area contributed by atoms with Crippen LogP contribution in [0.1, 0.15) is 89.5 Å². The number of hydrogen-bond acceptors (Lipinski definition) is 5. The second-order valence-electron chi connectivity index (χ2n) is 14.0. The average molecular weight is 544 g/mol. The van der Waals surface area contributed by atoms with Crippen molar-refractivity contribution in [2.75, 3.05) is 20.1 Å². The minimum absolute atomic E-state index is 0.150. The quantitative estimate of drug-likeness (QED) is 0.518. The van der Waals surface area contributed by atoms with Crippen LogP contribution in [-0.4, -0.2) is 60.0 Å². The molecule has 10 atom stereocenters. The first kappa shape index (κ1) is 27.3. The van der Waals surface area contributed by atoms with Gasteiger partial charge in [0.15, 0.2) is 0 Å². The third kappa shape index (κ3) is 4.27. The molecule has 1 saturated heterocycles. The largest absolute Gasteiger partial charge is 0.431 e. The van der Waals surface area contributed by atoms with Gasteiger partial charge in [0.05, 0.1) is 17.9 Å². The molecule has 6 rings (SSSR count). The first-order chi connectivity index (χ1) is 18.6. The molecule has 4 aliphatic carbocycles. The number of aliphatic hydroxyl groups is 1. The van der Waals surface area contributed by atoms with Crippen molar-refractivity contribution in [3.63, 3.8) is 0 Å². The number of nitrogens with one attached hydrogen (secondary N) is 2. The summed E-state index contributed by atoms with van der Waals surface area (Å²) in [6.45, 7) is 5.76. The molecule has 2 amide bonds. The second kappa shape index (κ2) is 9.86. The highest BCUT2D eigenvalue weighted by atomic mass is 19.1. The fraction of sp³-hybridized carbons (Fsp3) is 0.806. The lowest BCUT2D eigenvalue weighted by Crippen LogP contribution is -2.62. The molecule has 1 unspecified atom stereocenters. The number of rotatable bonds is 3. The fourth-order valence-corrected chi connectivity index (χ4v) is 10.1. The van der Waals surface area contributed by atoms with Gasteiger partial charge < -0.3 is 25.1 Å². The molecule has 1 aliphatic heterocycles. The van der Waals surface area contributed by atoms with E-state index in [4.69, 9.17) is 4.42 Å². The summed E-state index contributed by atoms with van der Waals surface area (Å²) in [5.41, 5.74) is -0.0728. The zero-order valence-electron chi connectivity index (χ0n) is 23.8. The minimum atomic E-state index is -1.04. The SMILES string of the molecule is CN(C(=O)NC1CCNC[C@H]1F)[C@H]1CC[C@@]2(C)[C@H](CC[C@@H]3[C@@H]2CC[C@]2(C)[C@@H](c4ccc(=O)oc4)CC[C@]32O)C1. The van der Waals surface area contributed by atoms with Crippen LogP contribution in [0.4, 0.5) is 9.18 Å². The highest BCUT2D eigenvalue weighted by Crippen LogP contribution is 2.70. The van der Waals surface area contributed by atoms with Crippen LogP contribution in [0, 0.1) is 28.6 Å². The summed E-state index contributed by atoms with van der Waals surface area (Å²) < 4.78 is 19.5. The smallest absolute Gasteiger partial charge is 0.335 e. The zero-order valence-corrected chi connectivity index (χ0v) is 23.8. The topological polar surface area (TPSA) is 94.8 Å². The van der Waals surface area contributed by atoms with Crippen LogP contribution in [-0.2, 0) is 0 Å². The van der Waals surface area contributed by atoms with E-state index in [-0.39, 0.29) is 40.4 Å². The normalized spacial score (nSPS) is 45.5. The van der Waals surface area contributed by atoms with Crippen molar-refractivity contribution in [2.45, 2.75) is 108 Å². The predicted molar refractivity (Wildman–Crippen MR) is 147 cm³/mol. The molecular weight excluding hydrogens is 497 g/mol. The number of hydrogen-bond donors (Lipinski definition) is 3. The molecule has 1 aromatic rings. The van der Waals surface area contributed by atoms with E-state index >= 15 is 0 Å². The monoisotopic (exact) mass is 543 g/mol. The van der Waals surface area contributed by atoms with Crippen molar-refractivity contribution < 1.29 is 18.7 Å². The summed E-state index contributed by atoms with van der Waals surface area (Å²) in [7, 11) is 1.88. The van der Waals surface area contributed by atoms with E-state index in [1.165, 1.54) is 6.07 Å². The van der Waals surface area contributed by atoms with Gasteiger partial charge in [-0.1, -0.05) is 13.8 Å². The Bertz CT molecular complexity index is 1120. The summed E-state index contributed by atoms with van der Waals surface area (Å²) in [6, 6.07) is 3.00. The molecule has 216 valence electrons. The molecule has 8 heteroatoms. The van der Waals surface area contributed by atoms with Gasteiger partial charge in [0.25, 0.3) is 0 Å². The van der Waals surface area contributed by atoms with Crippen LogP contribution in [0.5, 0.6) is 0 Å². The highest BCUT2D eigenvalue weighted by molar-refractivity contribution is 5.74. The van der Waals surface area contributed by atoms with E-state index in [1.54, 1.807) is 6.26 Å². The lowest BCUT2D eigenvalue weighted by molar-refractivity contribution is -0.203. The van der Waals surface area contributed by atoms with Crippen LogP contribution >= 0.6 is 0 Å². The molecule has 5 fully saturated rings. The Kier molecular flexibility index (Phi) is 6.89. The molecule has 7 nitrogen and oxygen atoms in total. The van der Waals surface area contributed by atoms with Crippen molar-refractivity contribution in [3.05, 3.63) is 34.4 Å². The molecule has 39 heavy (non-hydrogen) atoms. The minimum Gasteiger partial charge on any atom is -0.431 e. The molecular formula is C31H46FN3O4. The molecule has 1 aromatic heterocycles. The summed E-state index contributed by atoms with van der Waals surface area (Å²) in [5.74, 6) is 1.47. The maximum Gasteiger partial charge on any atom is 0.335 e. The first-order valence-electron chi connectivity index (χ1n) is 15.3. The van der Waals surface area contributed by atoms with E-state index < -0.39 is 17.8 Å². The Balaban J connectivity index is 1.15. The first-order valence-corrected chi connectivity index (χ1v) is 15.3. The molecule has 5 aliphatic rings. The number of alkyl halides is 1. The van der Waals surface area contributed by atoms with E-state index in [1.807, 2.05) is 18.0 Å². The third-order valence-corrected chi connectivity index (χ3v) is 12.5. The lowest BCUT2D eigenvalue weighted by atomic mass is 9.43. The molecule has 0 bridgehead atoms. The molecule has 4 saturated carbocycles. The molecule has 0 radical (unpaired) electrons. The zero-order chi connectivity index (χ0) is 27.6. The van der Waals surface area contributed by atoms with Crippen LogP contribution < -0.4 is 16.3 Å². The van der Waals surface area contributed by atoms with Crippen LogP contribution in [0.25, 0.3) is 0 Å². The number of piperidine rings is 1. The molecule has 2 heterocycles. The van der Waals surface area contributed by atoms with Crippen molar-refractivity contribution >= 4 is 6.03 Å². The van der Waals surface area contributed by atoms with Gasteiger partial charge in [-0.05, 0) is 111 Å². The Morgan fingerprint density at radius 2 is 1.92 bits per heavy atom. The molecule has 0 aromatic carbocycles. The van der Waals surface area contributed by atoms with Crippen LogP contribution in [0.2, 0.25) is 0 Å². The van der Waals surface area contributed by atoms with Crippen molar-refractivity contribution in [1.82, 2.24) is 15.5 Å². The van der Waals surface area contributed by atoms with Gasteiger partial charge in [-0.3, -0.25) is 0 Å². The van der Waals surface area contributed by atoms with Gasteiger partial charge >= 0.3 is 11.7 Å². The second-order valence-corrected chi connectivity index (χ2v) is 14.0. The summed E-state index contributed by atoms with van der Waals surface area (Å²) >= 11 is 0. The maximum atomic E-state index is 14.3. The highest BCUT2D eigenvalue weighted by Gasteiger charge is 2.67. The summed E-state index contributed by atoms with van der Waals surface area (Å²) in [4.78, 5) is 26.5. The number of halogens is 1. The average Bonchev–Trinajstić information content (AvgIpc) is 3.20. The molecule has 0 spiro atoms. The van der Waals surface area contributed by atoms with E-state index in [9.17, 15) is 19.1 Å². The lowest BCUT2D eigenvalue weighted by Gasteiger charge is -2.64. The van der Waals surface area contributed by atoms with Crippen molar-refractivity contribution in [3.8, 4) is 0 Å². The Labute approximate surface area is 231 Å². The number of urea groups is 1. The summed E-state index contributed by atoms with van der Waals surface area (Å²) in [5, 5.41) is 18.5. The van der Waals surface area contributed by atoms with E-state index in [0.29, 0.717) is 24.8 Å². The van der Waals surface area contributed by atoms with Gasteiger partial charge in [0, 0.05) is 31.1 Å². The maximum absolute atomic E-state index is 14.3. The third-order valence-electron chi connectivity index (χ3n) is 12.5. The number of carbonyl (C=O) groups excluding carboxylic acids is 1. The Morgan fingerprint density at radius 1 is 1.10 bits per heavy atom. The Hall–Kier alpha value is -1.93. The standard InChI is InChI=1S/C31H46FN3O4/c1-29-12-8-21(35(3)28(37)34-26-11-15-33-17-25(26)32)16-20(29)5-6-24-23(29)9-13-30(2)22(10-14-31(24,30)38)19-4-7-27(36)39-18-19/h4,7,18,20-26,33,38H,5-6,8-17H2,1-3H3,(H,34,37)/t20-,21+,22-,23+,24-,25-,26?,29+,30-,31+/m1/s1. The molecule has 3 N–H and O–H groups in total.